The first-order valence-electron chi connectivity index (χ1n) is 7.16. The van der Waals surface area contributed by atoms with Gasteiger partial charge in [-0.3, -0.25) is 4.79 Å². The van der Waals surface area contributed by atoms with Crippen LogP contribution in [0.25, 0.3) is 0 Å². The summed E-state index contributed by atoms with van der Waals surface area (Å²) >= 11 is 0. The third-order valence-corrected chi connectivity index (χ3v) is 4.36. The molecule has 0 aromatic carbocycles. The predicted molar refractivity (Wildman–Crippen MR) is 73.8 cm³/mol. The number of carbonyl (C=O) groups is 2. The highest BCUT2D eigenvalue weighted by Crippen LogP contribution is 2.25. The number of likely N-dealkylation sites (N-methyl/N-ethyl adjacent to an activating group) is 1. The smallest absolute Gasteiger partial charge is 0.320 e. The van der Waals surface area contributed by atoms with Gasteiger partial charge in [-0.2, -0.15) is 0 Å². The SMILES string of the molecule is CC1CCCN(C(=O)N2CCN(C)C(=O)C2(C)C)C1. The van der Waals surface area contributed by atoms with E-state index in [0.29, 0.717) is 19.0 Å². The fourth-order valence-electron chi connectivity index (χ4n) is 3.08. The maximum Gasteiger partial charge on any atom is 0.320 e. The summed E-state index contributed by atoms with van der Waals surface area (Å²) in [5.74, 6) is 0.584. The van der Waals surface area contributed by atoms with Crippen LogP contribution in [0.1, 0.15) is 33.6 Å². The molecule has 2 aliphatic rings. The molecule has 5 heteroatoms. The van der Waals surface area contributed by atoms with Crippen LogP contribution in [0.2, 0.25) is 0 Å². The van der Waals surface area contributed by atoms with Crippen LogP contribution >= 0.6 is 0 Å². The molecule has 1 atom stereocenters. The quantitative estimate of drug-likeness (QED) is 0.666. The molecule has 3 amide bonds. The number of piperazine rings is 1. The molecule has 19 heavy (non-hydrogen) atoms. The van der Waals surface area contributed by atoms with E-state index >= 15 is 0 Å². The Labute approximate surface area is 115 Å². The lowest BCUT2D eigenvalue weighted by atomic mass is 9.97. The summed E-state index contributed by atoms with van der Waals surface area (Å²) in [5.41, 5.74) is -0.731. The topological polar surface area (TPSA) is 43.9 Å². The van der Waals surface area contributed by atoms with Gasteiger partial charge in [0.25, 0.3) is 0 Å². The monoisotopic (exact) mass is 267 g/mol. The molecule has 0 saturated carbocycles. The minimum absolute atomic E-state index is 0.0251. The average Bonchev–Trinajstić information content (AvgIpc) is 2.35. The number of amides is 3. The summed E-state index contributed by atoms with van der Waals surface area (Å²) in [5, 5.41) is 0. The first-order chi connectivity index (χ1) is 8.84. The largest absolute Gasteiger partial charge is 0.342 e. The van der Waals surface area contributed by atoms with Gasteiger partial charge in [0.15, 0.2) is 0 Å². The molecule has 1 unspecified atom stereocenters. The fourth-order valence-corrected chi connectivity index (χ4v) is 3.08. The van der Waals surface area contributed by atoms with Crippen molar-refractivity contribution < 1.29 is 9.59 Å². The summed E-state index contributed by atoms with van der Waals surface area (Å²) in [6.07, 6.45) is 2.25. The van der Waals surface area contributed by atoms with Crippen molar-refractivity contribution in [1.82, 2.24) is 14.7 Å². The van der Waals surface area contributed by atoms with Crippen LogP contribution in [0.4, 0.5) is 4.79 Å². The summed E-state index contributed by atoms with van der Waals surface area (Å²) in [7, 11) is 1.80. The number of rotatable bonds is 0. The second-order valence-electron chi connectivity index (χ2n) is 6.41. The first kappa shape index (κ1) is 14.2. The molecule has 2 rings (SSSR count). The van der Waals surface area contributed by atoms with Crippen LogP contribution in [0.5, 0.6) is 0 Å². The van der Waals surface area contributed by atoms with Gasteiger partial charge >= 0.3 is 6.03 Å². The Hall–Kier alpha value is -1.26. The number of hydrogen-bond donors (Lipinski definition) is 0. The third-order valence-electron chi connectivity index (χ3n) is 4.36. The molecule has 2 fully saturated rings. The zero-order chi connectivity index (χ0) is 14.2. The van der Waals surface area contributed by atoms with E-state index in [4.69, 9.17) is 0 Å². The number of piperidine rings is 1. The van der Waals surface area contributed by atoms with Gasteiger partial charge in [0.1, 0.15) is 5.54 Å². The summed E-state index contributed by atoms with van der Waals surface area (Å²) in [6.45, 7) is 8.75. The van der Waals surface area contributed by atoms with Gasteiger partial charge < -0.3 is 14.7 Å². The molecule has 0 spiro atoms. The normalized spacial score (nSPS) is 27.7. The number of carbonyl (C=O) groups excluding carboxylic acids is 2. The summed E-state index contributed by atoms with van der Waals surface area (Å²) in [4.78, 5) is 30.2. The highest BCUT2D eigenvalue weighted by atomic mass is 16.2. The summed E-state index contributed by atoms with van der Waals surface area (Å²) in [6, 6.07) is 0.0259. The van der Waals surface area contributed by atoms with Crippen LogP contribution < -0.4 is 0 Å². The second kappa shape index (κ2) is 5.02. The average molecular weight is 267 g/mol. The van der Waals surface area contributed by atoms with Crippen molar-refractivity contribution in [2.24, 2.45) is 5.92 Å². The van der Waals surface area contributed by atoms with Crippen molar-refractivity contribution in [3.05, 3.63) is 0 Å². The van der Waals surface area contributed by atoms with Crippen molar-refractivity contribution in [3.8, 4) is 0 Å². The molecule has 0 radical (unpaired) electrons. The van der Waals surface area contributed by atoms with Crippen LogP contribution in [-0.2, 0) is 4.79 Å². The lowest BCUT2D eigenvalue weighted by Crippen LogP contribution is -2.66. The molecule has 2 saturated heterocycles. The minimum atomic E-state index is -0.731. The Kier molecular flexibility index (Phi) is 3.74. The van der Waals surface area contributed by atoms with Gasteiger partial charge in [-0.15, -0.1) is 0 Å². The Morgan fingerprint density at radius 2 is 1.95 bits per heavy atom. The predicted octanol–water partition coefficient (Wildman–Crippen LogP) is 1.39. The van der Waals surface area contributed by atoms with E-state index in [1.54, 1.807) is 16.8 Å². The van der Waals surface area contributed by atoms with Gasteiger partial charge in [-0.05, 0) is 32.6 Å². The molecule has 0 aromatic heterocycles. The molecular formula is C14H25N3O2. The van der Waals surface area contributed by atoms with Gasteiger partial charge in [-0.1, -0.05) is 6.92 Å². The van der Waals surface area contributed by atoms with E-state index in [9.17, 15) is 9.59 Å². The zero-order valence-electron chi connectivity index (χ0n) is 12.5. The van der Waals surface area contributed by atoms with Gasteiger partial charge in [0.2, 0.25) is 5.91 Å². The Bertz CT molecular complexity index is 381. The van der Waals surface area contributed by atoms with E-state index in [1.165, 1.54) is 6.42 Å². The standard InChI is InChI=1S/C14H25N3O2/c1-11-6-5-7-16(10-11)13(19)17-9-8-15(4)12(18)14(17,2)3/h11H,5-10H2,1-4H3. The molecule has 108 valence electrons. The van der Waals surface area contributed by atoms with Crippen LogP contribution in [-0.4, -0.2) is 65.4 Å². The molecule has 0 aromatic rings. The molecule has 5 nitrogen and oxygen atoms in total. The Balaban J connectivity index is 2.12. The van der Waals surface area contributed by atoms with Crippen molar-refractivity contribution in [3.63, 3.8) is 0 Å². The molecule has 0 N–H and O–H groups in total. The first-order valence-corrected chi connectivity index (χ1v) is 7.16. The van der Waals surface area contributed by atoms with Crippen LogP contribution in [0.3, 0.4) is 0 Å². The van der Waals surface area contributed by atoms with Gasteiger partial charge in [0.05, 0.1) is 0 Å². The number of likely N-dealkylation sites (tertiary alicyclic amines) is 1. The van der Waals surface area contributed by atoms with Crippen LogP contribution in [0.15, 0.2) is 0 Å². The second-order valence-corrected chi connectivity index (χ2v) is 6.41. The van der Waals surface area contributed by atoms with E-state index < -0.39 is 5.54 Å². The van der Waals surface area contributed by atoms with E-state index in [-0.39, 0.29) is 11.9 Å². The zero-order valence-corrected chi connectivity index (χ0v) is 12.5. The molecular weight excluding hydrogens is 242 g/mol. The Morgan fingerprint density at radius 3 is 2.58 bits per heavy atom. The molecule has 2 heterocycles. The number of urea groups is 1. The highest BCUT2D eigenvalue weighted by molar-refractivity contribution is 5.91. The lowest BCUT2D eigenvalue weighted by Gasteiger charge is -2.47. The third kappa shape index (κ3) is 2.55. The van der Waals surface area contributed by atoms with E-state index in [0.717, 1.165) is 19.5 Å². The maximum absolute atomic E-state index is 12.6. The molecule has 0 bridgehead atoms. The molecule has 0 aliphatic carbocycles. The van der Waals surface area contributed by atoms with Crippen molar-refractivity contribution in [2.75, 3.05) is 33.2 Å². The van der Waals surface area contributed by atoms with Gasteiger partial charge in [-0.25, -0.2) is 4.79 Å². The molecule has 2 aliphatic heterocycles. The minimum Gasteiger partial charge on any atom is -0.342 e. The van der Waals surface area contributed by atoms with Crippen molar-refractivity contribution >= 4 is 11.9 Å². The van der Waals surface area contributed by atoms with E-state index in [1.807, 2.05) is 18.7 Å². The number of nitrogens with zero attached hydrogens (tertiary/aromatic N) is 3. The lowest BCUT2D eigenvalue weighted by molar-refractivity contribution is -0.144. The van der Waals surface area contributed by atoms with Crippen molar-refractivity contribution in [1.29, 1.82) is 0 Å². The van der Waals surface area contributed by atoms with E-state index in [2.05, 4.69) is 6.92 Å². The van der Waals surface area contributed by atoms with Crippen LogP contribution in [0, 0.1) is 5.92 Å². The number of hydrogen-bond acceptors (Lipinski definition) is 2. The highest BCUT2D eigenvalue weighted by Gasteiger charge is 2.44. The van der Waals surface area contributed by atoms with Gasteiger partial charge in [0, 0.05) is 33.2 Å². The fraction of sp³-hybridized carbons (Fsp3) is 0.857. The Morgan fingerprint density at radius 1 is 1.26 bits per heavy atom. The summed E-state index contributed by atoms with van der Waals surface area (Å²) < 4.78 is 0. The maximum atomic E-state index is 12.6. The van der Waals surface area contributed by atoms with Crippen molar-refractivity contribution in [2.45, 2.75) is 39.2 Å².